The Kier molecular flexibility index (Phi) is 8.01. The van der Waals surface area contributed by atoms with Crippen LogP contribution in [-0.4, -0.2) is 49.2 Å². The summed E-state index contributed by atoms with van der Waals surface area (Å²) in [4.78, 5) is 34.5. The molecule has 0 aromatic heterocycles. The number of non-ortho nitro benzene ring substituents is 1. The Balaban J connectivity index is 1.57. The van der Waals surface area contributed by atoms with Crippen LogP contribution in [0.15, 0.2) is 47.4 Å². The number of nitro groups is 1. The monoisotopic (exact) mass is 495 g/mol. The van der Waals surface area contributed by atoms with E-state index in [-0.39, 0.29) is 26.9 Å². The zero-order valence-corrected chi connectivity index (χ0v) is 19.1. The molecule has 0 bridgehead atoms. The molecule has 0 aliphatic carbocycles. The third-order valence-corrected chi connectivity index (χ3v) is 7.29. The van der Waals surface area contributed by atoms with Crippen molar-refractivity contribution in [3.05, 3.63) is 63.2 Å². The molecule has 2 aromatic rings. The number of hydrogen-bond donors (Lipinski definition) is 1. The van der Waals surface area contributed by atoms with Crippen LogP contribution in [0.5, 0.6) is 0 Å². The molecule has 1 aliphatic heterocycles. The minimum atomic E-state index is -3.64. The molecule has 176 valence electrons. The summed E-state index contributed by atoms with van der Waals surface area (Å²) in [5, 5.41) is 13.1. The second kappa shape index (κ2) is 10.7. The second-order valence-corrected chi connectivity index (χ2v) is 9.73. The number of halogens is 1. The Morgan fingerprint density at radius 1 is 1.06 bits per heavy atom. The lowest BCUT2D eigenvalue weighted by atomic mass is 10.2. The molecule has 0 unspecified atom stereocenters. The van der Waals surface area contributed by atoms with E-state index in [1.54, 1.807) is 0 Å². The van der Waals surface area contributed by atoms with Crippen molar-refractivity contribution in [1.29, 1.82) is 0 Å². The molecule has 1 N–H and O–H groups in total. The van der Waals surface area contributed by atoms with Crippen LogP contribution in [0.1, 0.15) is 36.0 Å². The number of benzene rings is 2. The summed E-state index contributed by atoms with van der Waals surface area (Å²) in [6, 6.07) is 8.88. The first-order valence-electron chi connectivity index (χ1n) is 10.2. The van der Waals surface area contributed by atoms with E-state index in [1.807, 2.05) is 0 Å². The van der Waals surface area contributed by atoms with Gasteiger partial charge in [0.25, 0.3) is 11.6 Å². The fraction of sp³-hybridized carbons (Fsp3) is 0.333. The van der Waals surface area contributed by atoms with E-state index in [2.05, 4.69) is 5.32 Å². The van der Waals surface area contributed by atoms with Crippen molar-refractivity contribution in [2.75, 3.05) is 25.0 Å². The molecule has 1 heterocycles. The summed E-state index contributed by atoms with van der Waals surface area (Å²) in [6.45, 7) is 0.319. The van der Waals surface area contributed by atoms with Crippen molar-refractivity contribution in [1.82, 2.24) is 4.31 Å². The first-order chi connectivity index (χ1) is 15.7. The quantitative estimate of drug-likeness (QED) is 0.352. The number of hydrogen-bond acceptors (Lipinski definition) is 7. The molecule has 0 atom stereocenters. The van der Waals surface area contributed by atoms with Gasteiger partial charge in [0.15, 0.2) is 6.61 Å². The van der Waals surface area contributed by atoms with Gasteiger partial charge in [0.2, 0.25) is 10.0 Å². The summed E-state index contributed by atoms with van der Waals surface area (Å²) in [5.41, 5.74) is -0.0110. The van der Waals surface area contributed by atoms with Gasteiger partial charge in [0.05, 0.1) is 26.1 Å². The van der Waals surface area contributed by atoms with Crippen LogP contribution >= 0.6 is 11.6 Å². The lowest BCUT2D eigenvalue weighted by Gasteiger charge is -2.20. The van der Waals surface area contributed by atoms with Crippen molar-refractivity contribution >= 4 is 44.9 Å². The third kappa shape index (κ3) is 6.28. The smallest absolute Gasteiger partial charge is 0.338 e. The largest absolute Gasteiger partial charge is 0.452 e. The summed E-state index contributed by atoms with van der Waals surface area (Å²) in [6.07, 6.45) is 3.63. The SMILES string of the molecule is O=C(COC(=O)c1ccc(S(=O)(=O)N2CCCCCC2)cc1)Nc1ccc([N+](=O)[O-])cc1Cl. The molecule has 1 saturated heterocycles. The summed E-state index contributed by atoms with van der Waals surface area (Å²) in [7, 11) is -3.64. The highest BCUT2D eigenvalue weighted by atomic mass is 35.5. The maximum Gasteiger partial charge on any atom is 0.338 e. The first kappa shape index (κ1) is 24.6. The van der Waals surface area contributed by atoms with Gasteiger partial charge < -0.3 is 10.1 Å². The number of ether oxygens (including phenoxy) is 1. The Morgan fingerprint density at radius 2 is 1.70 bits per heavy atom. The van der Waals surface area contributed by atoms with Gasteiger partial charge in [0, 0.05) is 25.2 Å². The standard InChI is InChI=1S/C21H22ClN3O7S/c22-18-13-16(25(28)29)7-10-19(18)23-20(26)14-32-21(27)15-5-8-17(9-6-15)33(30,31)24-11-3-1-2-4-12-24/h5-10,13H,1-4,11-12,14H2,(H,23,26). The zero-order valence-electron chi connectivity index (χ0n) is 17.5. The van der Waals surface area contributed by atoms with E-state index in [0.717, 1.165) is 31.7 Å². The number of nitrogens with one attached hydrogen (secondary N) is 1. The molecule has 33 heavy (non-hydrogen) atoms. The fourth-order valence-corrected chi connectivity index (χ4v) is 5.05. The lowest BCUT2D eigenvalue weighted by molar-refractivity contribution is -0.384. The third-order valence-electron chi connectivity index (χ3n) is 5.06. The molecule has 1 aliphatic rings. The summed E-state index contributed by atoms with van der Waals surface area (Å²) < 4.78 is 32.0. The Hall–Kier alpha value is -3.02. The minimum absolute atomic E-state index is 0.0370. The van der Waals surface area contributed by atoms with E-state index in [9.17, 15) is 28.1 Å². The minimum Gasteiger partial charge on any atom is -0.452 e. The summed E-state index contributed by atoms with van der Waals surface area (Å²) >= 11 is 5.91. The molecule has 10 nitrogen and oxygen atoms in total. The number of esters is 1. The molecule has 0 spiro atoms. The Labute approximate surface area is 195 Å². The highest BCUT2D eigenvalue weighted by molar-refractivity contribution is 7.89. The molecule has 12 heteroatoms. The number of carbonyl (C=O) groups is 2. The van der Waals surface area contributed by atoms with Crippen LogP contribution in [0.2, 0.25) is 5.02 Å². The van der Waals surface area contributed by atoms with Crippen LogP contribution < -0.4 is 5.32 Å². The molecule has 1 fully saturated rings. The van der Waals surface area contributed by atoms with E-state index in [1.165, 1.54) is 40.7 Å². The number of carbonyl (C=O) groups excluding carboxylic acids is 2. The van der Waals surface area contributed by atoms with Gasteiger partial charge in [-0.2, -0.15) is 4.31 Å². The van der Waals surface area contributed by atoms with Gasteiger partial charge in [-0.15, -0.1) is 0 Å². The van der Waals surface area contributed by atoms with Crippen molar-refractivity contribution in [3.63, 3.8) is 0 Å². The highest BCUT2D eigenvalue weighted by Crippen LogP contribution is 2.26. The van der Waals surface area contributed by atoms with Crippen LogP contribution in [0.4, 0.5) is 11.4 Å². The number of rotatable bonds is 7. The first-order valence-corrected chi connectivity index (χ1v) is 12.0. The van der Waals surface area contributed by atoms with Gasteiger partial charge in [-0.1, -0.05) is 24.4 Å². The van der Waals surface area contributed by atoms with Crippen molar-refractivity contribution in [3.8, 4) is 0 Å². The van der Waals surface area contributed by atoms with Crippen LogP contribution in [0.25, 0.3) is 0 Å². The van der Waals surface area contributed by atoms with Gasteiger partial charge in [-0.3, -0.25) is 14.9 Å². The van der Waals surface area contributed by atoms with E-state index < -0.39 is 33.4 Å². The van der Waals surface area contributed by atoms with Gasteiger partial charge in [0.1, 0.15) is 0 Å². The number of nitrogens with zero attached hydrogens (tertiary/aromatic N) is 2. The van der Waals surface area contributed by atoms with Gasteiger partial charge >= 0.3 is 5.97 Å². The maximum absolute atomic E-state index is 12.8. The molecular formula is C21H22ClN3O7S. The number of nitro benzene ring substituents is 1. The van der Waals surface area contributed by atoms with Crippen LogP contribution in [-0.2, 0) is 19.6 Å². The summed E-state index contributed by atoms with van der Waals surface area (Å²) in [5.74, 6) is -1.50. The second-order valence-electron chi connectivity index (χ2n) is 7.39. The predicted octanol–water partition coefficient (Wildman–Crippen LogP) is 3.61. The normalized spacial score (nSPS) is 14.8. The topological polar surface area (TPSA) is 136 Å². The van der Waals surface area contributed by atoms with Crippen LogP contribution in [0, 0.1) is 10.1 Å². The maximum atomic E-state index is 12.8. The number of anilines is 1. The van der Waals surface area contributed by atoms with Crippen LogP contribution in [0.3, 0.4) is 0 Å². The lowest BCUT2D eigenvalue weighted by Crippen LogP contribution is -2.31. The van der Waals surface area contributed by atoms with Gasteiger partial charge in [-0.05, 0) is 43.2 Å². The zero-order chi connectivity index (χ0) is 24.0. The highest BCUT2D eigenvalue weighted by Gasteiger charge is 2.25. The average molecular weight is 496 g/mol. The number of amides is 1. The average Bonchev–Trinajstić information content (AvgIpc) is 3.09. The molecule has 0 saturated carbocycles. The Morgan fingerprint density at radius 3 is 2.27 bits per heavy atom. The fourth-order valence-electron chi connectivity index (χ4n) is 3.31. The van der Waals surface area contributed by atoms with E-state index in [0.29, 0.717) is 13.1 Å². The van der Waals surface area contributed by atoms with E-state index >= 15 is 0 Å². The molecular weight excluding hydrogens is 474 g/mol. The van der Waals surface area contributed by atoms with E-state index in [4.69, 9.17) is 16.3 Å². The molecule has 0 radical (unpaired) electrons. The van der Waals surface area contributed by atoms with Crippen molar-refractivity contribution in [2.45, 2.75) is 30.6 Å². The van der Waals surface area contributed by atoms with Gasteiger partial charge in [-0.25, -0.2) is 13.2 Å². The number of sulfonamides is 1. The Bertz CT molecular complexity index is 1140. The molecule has 1 amide bonds. The van der Waals surface area contributed by atoms with Crippen molar-refractivity contribution < 1.29 is 27.7 Å². The molecule has 2 aromatic carbocycles. The predicted molar refractivity (Wildman–Crippen MR) is 121 cm³/mol. The van der Waals surface area contributed by atoms with Crippen molar-refractivity contribution in [2.24, 2.45) is 0 Å². The molecule has 3 rings (SSSR count).